The zero-order chi connectivity index (χ0) is 11.3. The maximum atomic E-state index is 9.66. The van der Waals surface area contributed by atoms with Crippen LogP contribution >= 0.6 is 15.9 Å². The molecule has 0 aromatic rings. The van der Waals surface area contributed by atoms with E-state index in [0.29, 0.717) is 25.9 Å². The second kappa shape index (κ2) is 6.15. The van der Waals surface area contributed by atoms with Gasteiger partial charge in [0.2, 0.25) is 0 Å². The first-order valence-electron chi connectivity index (χ1n) is 5.35. The average Bonchev–Trinajstić information content (AvgIpc) is 2.18. The molecule has 0 aliphatic carbocycles. The Hall–Kier alpha value is 0.320. The van der Waals surface area contributed by atoms with E-state index in [9.17, 15) is 15.3 Å². The van der Waals surface area contributed by atoms with E-state index in [1.165, 1.54) is 0 Å². The van der Waals surface area contributed by atoms with Crippen molar-refractivity contribution in [1.29, 1.82) is 0 Å². The van der Waals surface area contributed by atoms with Crippen LogP contribution in [-0.2, 0) is 4.74 Å². The number of aliphatic hydroxyl groups excluding tert-OH is 1. The molecular formula is C10H19BrO4. The third-order valence-corrected chi connectivity index (χ3v) is 3.20. The van der Waals surface area contributed by atoms with E-state index in [1.807, 2.05) is 0 Å². The van der Waals surface area contributed by atoms with Gasteiger partial charge in [0.1, 0.15) is 0 Å². The first kappa shape index (κ1) is 13.4. The third kappa shape index (κ3) is 4.78. The summed E-state index contributed by atoms with van der Waals surface area (Å²) in [5.74, 6) is -1.73. The minimum absolute atomic E-state index is 0.0845. The van der Waals surface area contributed by atoms with Crippen LogP contribution in [0.1, 0.15) is 32.1 Å². The summed E-state index contributed by atoms with van der Waals surface area (Å²) in [5.41, 5.74) is 0. The van der Waals surface area contributed by atoms with E-state index in [-0.39, 0.29) is 6.42 Å². The molecule has 15 heavy (non-hydrogen) atoms. The second-order valence-corrected chi connectivity index (χ2v) is 4.89. The molecule has 2 atom stereocenters. The smallest absolute Gasteiger partial charge is 0.165 e. The van der Waals surface area contributed by atoms with Crippen LogP contribution in [0.5, 0.6) is 0 Å². The maximum absolute atomic E-state index is 9.66. The van der Waals surface area contributed by atoms with Gasteiger partial charge in [-0.3, -0.25) is 0 Å². The fourth-order valence-electron chi connectivity index (χ4n) is 1.79. The van der Waals surface area contributed by atoms with Crippen molar-refractivity contribution in [1.82, 2.24) is 0 Å². The fraction of sp³-hybridized carbons (Fsp3) is 1.00. The molecule has 5 heteroatoms. The van der Waals surface area contributed by atoms with Gasteiger partial charge >= 0.3 is 0 Å². The number of rotatable bonds is 5. The van der Waals surface area contributed by atoms with E-state index in [0.717, 1.165) is 11.8 Å². The molecule has 0 amide bonds. The molecule has 1 saturated heterocycles. The van der Waals surface area contributed by atoms with Crippen LogP contribution in [-0.4, -0.2) is 45.3 Å². The van der Waals surface area contributed by atoms with Gasteiger partial charge in [-0.2, -0.15) is 0 Å². The Kier molecular flexibility index (Phi) is 5.49. The van der Waals surface area contributed by atoms with Gasteiger partial charge in [-0.1, -0.05) is 15.9 Å². The molecule has 4 nitrogen and oxygen atoms in total. The summed E-state index contributed by atoms with van der Waals surface area (Å²) in [6.07, 6.45) is 1.58. The summed E-state index contributed by atoms with van der Waals surface area (Å²) in [6, 6.07) is 0. The van der Waals surface area contributed by atoms with E-state index in [2.05, 4.69) is 15.9 Å². The molecule has 1 aliphatic rings. The van der Waals surface area contributed by atoms with E-state index in [1.54, 1.807) is 0 Å². The molecule has 0 bridgehead atoms. The van der Waals surface area contributed by atoms with Gasteiger partial charge in [0.15, 0.2) is 5.79 Å². The Balaban J connectivity index is 2.37. The molecule has 0 aromatic carbocycles. The first-order chi connectivity index (χ1) is 7.05. The number of ether oxygens (including phenoxy) is 1. The van der Waals surface area contributed by atoms with Crippen LogP contribution in [0.15, 0.2) is 0 Å². The lowest BCUT2D eigenvalue weighted by Gasteiger charge is -2.33. The Morgan fingerprint density at radius 1 is 1.40 bits per heavy atom. The van der Waals surface area contributed by atoms with Crippen molar-refractivity contribution in [3.63, 3.8) is 0 Å². The van der Waals surface area contributed by atoms with Crippen molar-refractivity contribution in [3.05, 3.63) is 0 Å². The van der Waals surface area contributed by atoms with E-state index in [4.69, 9.17) is 4.74 Å². The van der Waals surface area contributed by atoms with Gasteiger partial charge in [0, 0.05) is 24.8 Å². The minimum Gasteiger partial charge on any atom is -0.390 e. The Bertz CT molecular complexity index is 186. The highest BCUT2D eigenvalue weighted by molar-refractivity contribution is 9.09. The lowest BCUT2D eigenvalue weighted by Crippen LogP contribution is -2.42. The van der Waals surface area contributed by atoms with E-state index < -0.39 is 18.0 Å². The molecule has 0 spiro atoms. The lowest BCUT2D eigenvalue weighted by atomic mass is 9.96. The zero-order valence-corrected chi connectivity index (χ0v) is 10.3. The van der Waals surface area contributed by atoms with Crippen LogP contribution in [0, 0.1) is 0 Å². The number of alkyl halides is 1. The van der Waals surface area contributed by atoms with Crippen molar-refractivity contribution in [3.8, 4) is 0 Å². The summed E-state index contributed by atoms with van der Waals surface area (Å²) in [6.45, 7) is 0.594. The Morgan fingerprint density at radius 2 is 2.13 bits per heavy atom. The molecule has 0 saturated carbocycles. The molecule has 3 N–H and O–H groups in total. The predicted octanol–water partition coefficient (Wildman–Crippen LogP) is 0.772. The van der Waals surface area contributed by atoms with Crippen molar-refractivity contribution in [2.24, 2.45) is 0 Å². The highest BCUT2D eigenvalue weighted by Crippen LogP contribution is 2.24. The fourth-order valence-corrected chi connectivity index (χ4v) is 2.07. The van der Waals surface area contributed by atoms with Gasteiger partial charge in [0.05, 0.1) is 12.2 Å². The number of hydrogen-bond donors (Lipinski definition) is 3. The highest BCUT2D eigenvalue weighted by atomic mass is 79.9. The molecule has 1 heterocycles. The normalized spacial score (nSPS) is 28.0. The summed E-state index contributed by atoms with van der Waals surface area (Å²) in [4.78, 5) is 0. The SMILES string of the molecule is OC1CCCOC1CC(O)(O)CCCBr. The van der Waals surface area contributed by atoms with Crippen LogP contribution in [0.3, 0.4) is 0 Å². The zero-order valence-electron chi connectivity index (χ0n) is 8.73. The van der Waals surface area contributed by atoms with Crippen LogP contribution in [0.2, 0.25) is 0 Å². The lowest BCUT2D eigenvalue weighted by molar-refractivity contribution is -0.206. The molecule has 90 valence electrons. The molecule has 1 aliphatic heterocycles. The van der Waals surface area contributed by atoms with Gasteiger partial charge in [0.25, 0.3) is 0 Å². The Morgan fingerprint density at radius 3 is 2.73 bits per heavy atom. The summed E-state index contributed by atoms with van der Waals surface area (Å²) in [5, 5.41) is 29.7. The summed E-state index contributed by atoms with van der Waals surface area (Å²) < 4.78 is 5.32. The standard InChI is InChI=1S/C10H19BrO4/c11-5-2-4-10(13,14)7-9-8(12)3-1-6-15-9/h8-9,12-14H,1-7H2. The third-order valence-electron chi connectivity index (χ3n) is 2.64. The topological polar surface area (TPSA) is 69.9 Å². The van der Waals surface area contributed by atoms with Crippen LogP contribution in [0.25, 0.3) is 0 Å². The van der Waals surface area contributed by atoms with Crippen molar-refractivity contribution in [2.45, 2.75) is 50.1 Å². The highest BCUT2D eigenvalue weighted by Gasteiger charge is 2.33. The van der Waals surface area contributed by atoms with Crippen molar-refractivity contribution < 1.29 is 20.1 Å². The van der Waals surface area contributed by atoms with Gasteiger partial charge in [-0.25, -0.2) is 0 Å². The predicted molar refractivity (Wildman–Crippen MR) is 59.8 cm³/mol. The van der Waals surface area contributed by atoms with Gasteiger partial charge in [-0.15, -0.1) is 0 Å². The number of halogens is 1. The number of aliphatic hydroxyl groups is 3. The minimum atomic E-state index is -1.73. The molecule has 1 fully saturated rings. The molecule has 2 unspecified atom stereocenters. The Labute approximate surface area is 98.4 Å². The van der Waals surface area contributed by atoms with Gasteiger partial charge in [-0.05, 0) is 19.3 Å². The largest absolute Gasteiger partial charge is 0.390 e. The molecular weight excluding hydrogens is 264 g/mol. The molecule has 0 radical (unpaired) electrons. The maximum Gasteiger partial charge on any atom is 0.165 e. The summed E-state index contributed by atoms with van der Waals surface area (Å²) in [7, 11) is 0. The van der Waals surface area contributed by atoms with Crippen molar-refractivity contribution >= 4 is 15.9 Å². The average molecular weight is 283 g/mol. The number of hydrogen-bond acceptors (Lipinski definition) is 4. The van der Waals surface area contributed by atoms with Gasteiger partial charge < -0.3 is 20.1 Å². The summed E-state index contributed by atoms with van der Waals surface area (Å²) >= 11 is 3.24. The van der Waals surface area contributed by atoms with Crippen molar-refractivity contribution in [2.75, 3.05) is 11.9 Å². The van der Waals surface area contributed by atoms with E-state index >= 15 is 0 Å². The van der Waals surface area contributed by atoms with Crippen LogP contribution < -0.4 is 0 Å². The first-order valence-corrected chi connectivity index (χ1v) is 6.48. The molecule has 0 aromatic heterocycles. The molecule has 1 rings (SSSR count). The quantitative estimate of drug-likeness (QED) is 0.515. The van der Waals surface area contributed by atoms with Crippen LogP contribution in [0.4, 0.5) is 0 Å². The second-order valence-electron chi connectivity index (χ2n) is 4.10. The monoisotopic (exact) mass is 282 g/mol.